The summed E-state index contributed by atoms with van der Waals surface area (Å²) >= 11 is 0. The number of rotatable bonds is 6. The maximum atomic E-state index is 12.8. The number of hydrogen-bond acceptors (Lipinski definition) is 6. The number of benzene rings is 1. The van der Waals surface area contributed by atoms with Crippen molar-refractivity contribution in [3.05, 3.63) is 59.7 Å². The molecule has 2 N–H and O–H groups in total. The lowest BCUT2D eigenvalue weighted by Crippen LogP contribution is -2.34. The molecule has 2 aromatic heterocycles. The summed E-state index contributed by atoms with van der Waals surface area (Å²) in [5.41, 5.74) is 3.04. The summed E-state index contributed by atoms with van der Waals surface area (Å²) in [6.45, 7) is 2.96. The van der Waals surface area contributed by atoms with Crippen molar-refractivity contribution in [3.63, 3.8) is 0 Å². The molecule has 0 fully saturated rings. The van der Waals surface area contributed by atoms with Gasteiger partial charge in [-0.2, -0.15) is 5.10 Å². The molecule has 0 radical (unpaired) electrons. The molecule has 9 nitrogen and oxygen atoms in total. The van der Waals surface area contributed by atoms with Gasteiger partial charge in [0.1, 0.15) is 12.4 Å². The van der Waals surface area contributed by atoms with Crippen LogP contribution >= 0.6 is 0 Å². The van der Waals surface area contributed by atoms with Crippen molar-refractivity contribution in [1.29, 1.82) is 0 Å². The molecule has 26 heavy (non-hydrogen) atoms. The standard InChI is InChI=1S/C17H20N8O/c26-17(19-10-14-9-15-11-18-6-7-24(15)21-14)16(25-12-20-22-23-25)8-13-4-2-1-3-5-13/h1-5,9,12,16,18H,6-8,10-11H2,(H,19,26)/t16-/m0/s1. The van der Waals surface area contributed by atoms with Gasteiger partial charge in [-0.1, -0.05) is 30.3 Å². The fourth-order valence-electron chi connectivity index (χ4n) is 3.09. The van der Waals surface area contributed by atoms with Crippen molar-refractivity contribution in [1.82, 2.24) is 40.6 Å². The summed E-state index contributed by atoms with van der Waals surface area (Å²) in [4.78, 5) is 12.8. The van der Waals surface area contributed by atoms with Crippen molar-refractivity contribution < 1.29 is 4.79 Å². The number of nitrogens with zero attached hydrogens (tertiary/aromatic N) is 6. The molecule has 0 unspecified atom stereocenters. The van der Waals surface area contributed by atoms with Crippen LogP contribution in [0, 0.1) is 0 Å². The summed E-state index contributed by atoms with van der Waals surface area (Å²) in [5, 5.41) is 22.0. The fraction of sp³-hybridized carbons (Fsp3) is 0.353. The van der Waals surface area contributed by atoms with Gasteiger partial charge in [0, 0.05) is 19.5 Å². The number of aromatic nitrogens is 6. The van der Waals surface area contributed by atoms with Gasteiger partial charge in [-0.15, -0.1) is 5.10 Å². The van der Waals surface area contributed by atoms with Crippen LogP contribution in [0.1, 0.15) is 23.0 Å². The lowest BCUT2D eigenvalue weighted by molar-refractivity contribution is -0.124. The highest BCUT2D eigenvalue weighted by Gasteiger charge is 2.22. The zero-order valence-corrected chi connectivity index (χ0v) is 14.2. The monoisotopic (exact) mass is 352 g/mol. The minimum atomic E-state index is -0.508. The largest absolute Gasteiger partial charge is 0.349 e. The summed E-state index contributed by atoms with van der Waals surface area (Å²) < 4.78 is 3.48. The normalized spacial score (nSPS) is 14.6. The topological polar surface area (TPSA) is 103 Å². The second kappa shape index (κ2) is 7.44. The third-order valence-electron chi connectivity index (χ3n) is 4.42. The smallest absolute Gasteiger partial charge is 0.245 e. The number of hydrogen-bond donors (Lipinski definition) is 2. The molecule has 1 atom stereocenters. The highest BCUT2D eigenvalue weighted by Crippen LogP contribution is 2.14. The van der Waals surface area contributed by atoms with Crippen LogP contribution in [-0.2, 0) is 30.8 Å². The average molecular weight is 352 g/mol. The number of carbonyl (C=O) groups excluding carboxylic acids is 1. The van der Waals surface area contributed by atoms with E-state index < -0.39 is 6.04 Å². The zero-order valence-electron chi connectivity index (χ0n) is 14.2. The summed E-state index contributed by atoms with van der Waals surface area (Å²) in [6, 6.07) is 11.3. The van der Waals surface area contributed by atoms with Crippen molar-refractivity contribution >= 4 is 5.91 Å². The van der Waals surface area contributed by atoms with E-state index in [1.54, 1.807) is 0 Å². The molecule has 3 aromatic rings. The van der Waals surface area contributed by atoms with Crippen LogP contribution in [0.2, 0.25) is 0 Å². The first-order valence-electron chi connectivity index (χ1n) is 8.60. The lowest BCUT2D eigenvalue weighted by atomic mass is 10.1. The minimum Gasteiger partial charge on any atom is -0.349 e. The Bertz CT molecular complexity index is 835. The molecular weight excluding hydrogens is 332 g/mol. The van der Waals surface area contributed by atoms with E-state index in [2.05, 4.69) is 31.3 Å². The molecule has 9 heteroatoms. The van der Waals surface area contributed by atoms with E-state index in [9.17, 15) is 4.79 Å². The molecule has 1 aliphatic rings. The van der Waals surface area contributed by atoms with Crippen LogP contribution in [0.3, 0.4) is 0 Å². The van der Waals surface area contributed by atoms with Gasteiger partial charge in [0.25, 0.3) is 0 Å². The Kier molecular flexibility index (Phi) is 4.69. The van der Waals surface area contributed by atoms with E-state index in [1.807, 2.05) is 41.1 Å². The Morgan fingerprint density at radius 3 is 2.96 bits per heavy atom. The van der Waals surface area contributed by atoms with Crippen LogP contribution in [0.15, 0.2) is 42.7 Å². The van der Waals surface area contributed by atoms with Crippen molar-refractivity contribution in [2.24, 2.45) is 0 Å². The number of nitrogens with one attached hydrogen (secondary N) is 2. The summed E-state index contributed by atoms with van der Waals surface area (Å²) in [7, 11) is 0. The van der Waals surface area contributed by atoms with Crippen LogP contribution in [0.4, 0.5) is 0 Å². The number of tetrazole rings is 1. The quantitative estimate of drug-likeness (QED) is 0.651. The van der Waals surface area contributed by atoms with Crippen LogP contribution in [0.25, 0.3) is 0 Å². The van der Waals surface area contributed by atoms with Gasteiger partial charge in [-0.25, -0.2) is 4.68 Å². The molecule has 0 spiro atoms. The first kappa shape index (κ1) is 16.4. The van der Waals surface area contributed by atoms with E-state index in [4.69, 9.17) is 0 Å². The van der Waals surface area contributed by atoms with E-state index in [0.29, 0.717) is 13.0 Å². The van der Waals surface area contributed by atoms with Gasteiger partial charge in [-0.05, 0) is 22.1 Å². The maximum Gasteiger partial charge on any atom is 0.245 e. The van der Waals surface area contributed by atoms with Crippen molar-refractivity contribution in [2.75, 3.05) is 6.54 Å². The third kappa shape index (κ3) is 3.62. The zero-order chi connectivity index (χ0) is 17.8. The van der Waals surface area contributed by atoms with E-state index in [1.165, 1.54) is 11.0 Å². The summed E-state index contributed by atoms with van der Waals surface area (Å²) in [5.74, 6) is -0.134. The average Bonchev–Trinajstić information content (AvgIpc) is 3.34. The Morgan fingerprint density at radius 2 is 2.19 bits per heavy atom. The molecule has 1 aromatic carbocycles. The van der Waals surface area contributed by atoms with Crippen LogP contribution in [-0.4, -0.2) is 42.4 Å². The molecule has 0 saturated heterocycles. The molecular formula is C17H20N8O. The minimum absolute atomic E-state index is 0.134. The number of amides is 1. The van der Waals surface area contributed by atoms with Crippen LogP contribution < -0.4 is 10.6 Å². The first-order valence-corrected chi connectivity index (χ1v) is 8.60. The molecule has 1 aliphatic heterocycles. The highest BCUT2D eigenvalue weighted by atomic mass is 16.2. The van der Waals surface area contributed by atoms with Gasteiger partial charge in [0.15, 0.2) is 0 Å². The summed E-state index contributed by atoms with van der Waals surface area (Å²) in [6.07, 6.45) is 1.98. The Labute approximate surface area is 150 Å². The SMILES string of the molecule is O=C(NCc1cc2n(n1)CCNC2)[C@H](Cc1ccccc1)n1cnnn1. The predicted molar refractivity (Wildman–Crippen MR) is 92.8 cm³/mol. The molecule has 134 valence electrons. The molecule has 3 heterocycles. The molecule has 0 saturated carbocycles. The van der Waals surface area contributed by atoms with Crippen molar-refractivity contribution in [3.8, 4) is 0 Å². The van der Waals surface area contributed by atoms with Crippen LogP contribution in [0.5, 0.6) is 0 Å². The van der Waals surface area contributed by atoms with E-state index >= 15 is 0 Å². The second-order valence-electron chi connectivity index (χ2n) is 6.24. The Hall–Kier alpha value is -3.07. The fourth-order valence-corrected chi connectivity index (χ4v) is 3.09. The third-order valence-corrected chi connectivity index (χ3v) is 4.42. The number of fused-ring (bicyclic) bond motifs is 1. The molecule has 1 amide bonds. The maximum absolute atomic E-state index is 12.8. The first-order chi connectivity index (χ1) is 12.8. The van der Waals surface area contributed by atoms with Gasteiger partial charge in [0.05, 0.1) is 24.5 Å². The number of carbonyl (C=O) groups is 1. The van der Waals surface area contributed by atoms with Gasteiger partial charge in [-0.3, -0.25) is 9.48 Å². The Morgan fingerprint density at radius 1 is 1.31 bits per heavy atom. The van der Waals surface area contributed by atoms with Gasteiger partial charge < -0.3 is 10.6 Å². The van der Waals surface area contributed by atoms with E-state index in [-0.39, 0.29) is 5.91 Å². The molecule has 4 rings (SSSR count). The predicted octanol–water partition coefficient (Wildman–Crippen LogP) is 0.0730. The van der Waals surface area contributed by atoms with Gasteiger partial charge in [0.2, 0.25) is 5.91 Å². The molecule has 0 bridgehead atoms. The molecule has 0 aliphatic carbocycles. The highest BCUT2D eigenvalue weighted by molar-refractivity contribution is 5.80. The Balaban J connectivity index is 1.45. The van der Waals surface area contributed by atoms with Crippen molar-refractivity contribution in [2.45, 2.75) is 32.1 Å². The second-order valence-corrected chi connectivity index (χ2v) is 6.24. The van der Waals surface area contributed by atoms with Gasteiger partial charge >= 0.3 is 0 Å². The van der Waals surface area contributed by atoms with E-state index in [0.717, 1.165) is 36.6 Å². The lowest BCUT2D eigenvalue weighted by Gasteiger charge is -2.16.